The van der Waals surface area contributed by atoms with Crippen molar-refractivity contribution in [3.8, 4) is 0 Å². The van der Waals surface area contributed by atoms with E-state index in [0.29, 0.717) is 24.2 Å². The van der Waals surface area contributed by atoms with Gasteiger partial charge in [-0.25, -0.2) is 0 Å². The second kappa shape index (κ2) is 2.88. The van der Waals surface area contributed by atoms with Crippen LogP contribution in [0.15, 0.2) is 0 Å². The Morgan fingerprint density at radius 3 is 2.38 bits per heavy atom. The van der Waals surface area contributed by atoms with Crippen LogP contribution in [0.1, 0.15) is 33.1 Å². The summed E-state index contributed by atoms with van der Waals surface area (Å²) in [5.41, 5.74) is -0.303. The van der Waals surface area contributed by atoms with E-state index in [-0.39, 0.29) is 17.2 Å². The molecule has 16 heavy (non-hydrogen) atoms. The number of amides is 2. The summed E-state index contributed by atoms with van der Waals surface area (Å²) in [6.45, 7) is 4.56. The molecule has 3 aliphatic rings. The van der Waals surface area contributed by atoms with Gasteiger partial charge < -0.3 is 0 Å². The number of carbonyl (C=O) groups excluding carboxylic acids is 2. The molecule has 0 radical (unpaired) electrons. The van der Waals surface area contributed by atoms with Gasteiger partial charge in [-0.3, -0.25) is 14.5 Å². The summed E-state index contributed by atoms with van der Waals surface area (Å²) in [6, 6.07) is 0. The van der Waals surface area contributed by atoms with Crippen LogP contribution in [-0.4, -0.2) is 23.8 Å². The quantitative estimate of drug-likeness (QED) is 0.583. The molecule has 0 aromatic carbocycles. The van der Waals surface area contributed by atoms with Crippen molar-refractivity contribution in [3.05, 3.63) is 0 Å². The zero-order valence-corrected chi connectivity index (χ0v) is 10.2. The molecule has 0 aromatic heterocycles. The molecule has 88 valence electrons. The van der Waals surface area contributed by atoms with E-state index in [1.54, 1.807) is 7.05 Å². The van der Waals surface area contributed by atoms with E-state index in [1.807, 2.05) is 0 Å². The van der Waals surface area contributed by atoms with Gasteiger partial charge in [0.2, 0.25) is 11.8 Å². The molecule has 3 nitrogen and oxygen atoms in total. The first-order valence-electron chi connectivity index (χ1n) is 6.28. The Morgan fingerprint density at radius 2 is 1.94 bits per heavy atom. The van der Waals surface area contributed by atoms with Gasteiger partial charge >= 0.3 is 0 Å². The zero-order chi connectivity index (χ0) is 11.7. The first-order chi connectivity index (χ1) is 7.47. The first kappa shape index (κ1) is 10.3. The summed E-state index contributed by atoms with van der Waals surface area (Å²) < 4.78 is 0. The van der Waals surface area contributed by atoms with Gasteiger partial charge in [0.25, 0.3) is 0 Å². The molecule has 1 spiro atoms. The smallest absolute Gasteiger partial charge is 0.235 e. The molecule has 0 N–H and O–H groups in total. The summed E-state index contributed by atoms with van der Waals surface area (Å²) in [6.07, 6.45) is 2.59. The Morgan fingerprint density at radius 1 is 1.25 bits per heavy atom. The number of hydrogen-bond acceptors (Lipinski definition) is 2. The Kier molecular flexibility index (Phi) is 1.85. The van der Waals surface area contributed by atoms with Gasteiger partial charge in [0.05, 0.1) is 5.41 Å². The Bertz CT molecular complexity index is 376. The van der Waals surface area contributed by atoms with Crippen LogP contribution >= 0.6 is 0 Å². The molecule has 3 rings (SSSR count). The third-order valence-electron chi connectivity index (χ3n) is 5.67. The van der Waals surface area contributed by atoms with Crippen molar-refractivity contribution in [1.29, 1.82) is 0 Å². The lowest BCUT2D eigenvalue weighted by Crippen LogP contribution is -2.41. The van der Waals surface area contributed by atoms with Gasteiger partial charge in [-0.1, -0.05) is 13.8 Å². The Hall–Kier alpha value is -0.860. The van der Waals surface area contributed by atoms with Crippen LogP contribution in [0.25, 0.3) is 0 Å². The fourth-order valence-corrected chi connectivity index (χ4v) is 4.53. The van der Waals surface area contributed by atoms with Crippen LogP contribution in [0.4, 0.5) is 0 Å². The summed E-state index contributed by atoms with van der Waals surface area (Å²) >= 11 is 0. The highest BCUT2D eigenvalue weighted by Gasteiger charge is 2.65. The number of rotatable bonds is 0. The second-order valence-corrected chi connectivity index (χ2v) is 6.12. The summed E-state index contributed by atoms with van der Waals surface area (Å²) in [4.78, 5) is 25.4. The molecule has 1 heterocycles. The fourth-order valence-electron chi connectivity index (χ4n) is 4.53. The van der Waals surface area contributed by atoms with Crippen molar-refractivity contribution in [2.75, 3.05) is 7.05 Å². The van der Waals surface area contributed by atoms with E-state index in [9.17, 15) is 9.59 Å². The zero-order valence-electron chi connectivity index (χ0n) is 10.2. The van der Waals surface area contributed by atoms with Gasteiger partial charge in [-0.2, -0.15) is 0 Å². The monoisotopic (exact) mass is 221 g/mol. The molecule has 2 aliphatic carbocycles. The van der Waals surface area contributed by atoms with Crippen molar-refractivity contribution in [3.63, 3.8) is 0 Å². The lowest BCUT2D eigenvalue weighted by Gasteiger charge is -2.37. The van der Waals surface area contributed by atoms with Crippen LogP contribution in [0, 0.1) is 29.1 Å². The average molecular weight is 221 g/mol. The lowest BCUT2D eigenvalue weighted by atomic mass is 9.65. The molecule has 1 saturated heterocycles. The molecular formula is C13H19NO2. The van der Waals surface area contributed by atoms with Gasteiger partial charge in [-0.15, -0.1) is 0 Å². The molecule has 5 unspecified atom stereocenters. The molecule has 0 aromatic rings. The van der Waals surface area contributed by atoms with Crippen LogP contribution < -0.4 is 0 Å². The summed E-state index contributed by atoms with van der Waals surface area (Å²) in [5.74, 6) is 2.57. The number of nitrogens with zero attached hydrogens (tertiary/aromatic N) is 1. The molecular weight excluding hydrogens is 202 g/mol. The second-order valence-electron chi connectivity index (χ2n) is 6.12. The third kappa shape index (κ3) is 0.950. The highest BCUT2D eigenvalue weighted by atomic mass is 16.2. The molecule has 1 aliphatic heterocycles. The largest absolute Gasteiger partial charge is 0.285 e. The number of likely N-dealkylation sites (tertiary alicyclic amines) is 1. The minimum atomic E-state index is -0.303. The van der Waals surface area contributed by atoms with E-state index in [0.717, 1.165) is 18.8 Å². The molecule has 2 bridgehead atoms. The predicted molar refractivity (Wildman–Crippen MR) is 59.4 cm³/mol. The van der Waals surface area contributed by atoms with Crippen molar-refractivity contribution in [2.45, 2.75) is 33.1 Å². The highest BCUT2D eigenvalue weighted by molar-refractivity contribution is 6.06. The molecule has 3 heteroatoms. The maximum absolute atomic E-state index is 12.3. The maximum atomic E-state index is 12.3. The standard InChI is InChI=1S/C13H19NO2/c1-7-8(2)10-4-9(7)5-13(10)6-11(15)14(3)12(13)16/h7-10H,4-6H2,1-3H3. The molecule has 2 amide bonds. The van der Waals surface area contributed by atoms with Crippen molar-refractivity contribution >= 4 is 11.8 Å². The van der Waals surface area contributed by atoms with Gasteiger partial charge in [0, 0.05) is 13.5 Å². The minimum absolute atomic E-state index is 0.0254. The lowest BCUT2D eigenvalue weighted by molar-refractivity contribution is -0.142. The van der Waals surface area contributed by atoms with Crippen LogP contribution in [-0.2, 0) is 9.59 Å². The number of fused-ring (bicyclic) bond motifs is 3. The molecule has 3 fully saturated rings. The predicted octanol–water partition coefficient (Wildman–Crippen LogP) is 1.67. The maximum Gasteiger partial charge on any atom is 0.235 e. The van der Waals surface area contributed by atoms with Gasteiger partial charge in [0.15, 0.2) is 0 Å². The average Bonchev–Trinajstić information content (AvgIpc) is 2.81. The van der Waals surface area contributed by atoms with Crippen LogP contribution in [0.5, 0.6) is 0 Å². The van der Waals surface area contributed by atoms with E-state index >= 15 is 0 Å². The van der Waals surface area contributed by atoms with Gasteiger partial charge in [-0.05, 0) is 36.5 Å². The Labute approximate surface area is 96.2 Å². The normalized spacial score (nSPS) is 51.1. The number of imide groups is 1. The van der Waals surface area contributed by atoms with Gasteiger partial charge in [0.1, 0.15) is 0 Å². The Balaban J connectivity index is 1.99. The van der Waals surface area contributed by atoms with E-state index in [4.69, 9.17) is 0 Å². The molecule has 5 atom stereocenters. The summed E-state index contributed by atoms with van der Waals surface area (Å²) in [7, 11) is 1.64. The third-order valence-corrected chi connectivity index (χ3v) is 5.67. The van der Waals surface area contributed by atoms with E-state index in [1.165, 1.54) is 4.90 Å². The van der Waals surface area contributed by atoms with Crippen molar-refractivity contribution < 1.29 is 9.59 Å². The minimum Gasteiger partial charge on any atom is -0.285 e. The SMILES string of the molecule is CC1C2CC(C1C)C1(CC(=O)N(C)C1=O)C2. The first-order valence-corrected chi connectivity index (χ1v) is 6.28. The van der Waals surface area contributed by atoms with E-state index < -0.39 is 0 Å². The van der Waals surface area contributed by atoms with E-state index in [2.05, 4.69) is 13.8 Å². The number of hydrogen-bond donors (Lipinski definition) is 0. The summed E-state index contributed by atoms with van der Waals surface area (Å²) in [5, 5.41) is 0. The fraction of sp³-hybridized carbons (Fsp3) is 0.846. The highest BCUT2D eigenvalue weighted by Crippen LogP contribution is 2.64. The van der Waals surface area contributed by atoms with Crippen molar-refractivity contribution in [1.82, 2.24) is 4.90 Å². The molecule has 2 saturated carbocycles. The van der Waals surface area contributed by atoms with Crippen molar-refractivity contribution in [2.24, 2.45) is 29.1 Å². The van der Waals surface area contributed by atoms with Crippen LogP contribution in [0.2, 0.25) is 0 Å². The topological polar surface area (TPSA) is 37.4 Å². The number of carbonyl (C=O) groups is 2. The van der Waals surface area contributed by atoms with Crippen LogP contribution in [0.3, 0.4) is 0 Å².